The van der Waals surface area contributed by atoms with Crippen LogP contribution in [0.2, 0.25) is 0 Å². The lowest BCUT2D eigenvalue weighted by Crippen LogP contribution is -2.36. The lowest BCUT2D eigenvalue weighted by molar-refractivity contribution is -0.140. The molecular formula is C17H22F4N2O2. The minimum absolute atomic E-state index is 0.0302. The number of halogens is 4. The third kappa shape index (κ3) is 5.67. The molecule has 0 radical (unpaired) electrons. The smallest absolute Gasteiger partial charge is 0.419 e. The van der Waals surface area contributed by atoms with Gasteiger partial charge in [0.2, 0.25) is 0 Å². The molecule has 0 aliphatic carbocycles. The summed E-state index contributed by atoms with van der Waals surface area (Å²) in [6.07, 6.45) is -2.28. The average Bonchev–Trinajstić information content (AvgIpc) is 2.73. The number of carboxylic acid groups (broad SMARTS) is 1. The Labute approximate surface area is 144 Å². The molecule has 1 fully saturated rings. The molecular weight excluding hydrogens is 340 g/mol. The van der Waals surface area contributed by atoms with Gasteiger partial charge in [-0.25, -0.2) is 4.39 Å². The number of rotatable bonds is 5. The molecule has 1 aliphatic heterocycles. The highest BCUT2D eigenvalue weighted by Crippen LogP contribution is 2.32. The molecule has 1 N–H and O–H groups in total. The molecule has 0 aromatic heterocycles. The van der Waals surface area contributed by atoms with Gasteiger partial charge in [-0.3, -0.25) is 14.6 Å². The van der Waals surface area contributed by atoms with Crippen LogP contribution in [0.5, 0.6) is 0 Å². The van der Waals surface area contributed by atoms with Crippen molar-refractivity contribution in [1.82, 2.24) is 9.80 Å². The van der Waals surface area contributed by atoms with Crippen LogP contribution in [0.25, 0.3) is 0 Å². The quantitative estimate of drug-likeness (QED) is 0.817. The molecule has 0 bridgehead atoms. The van der Waals surface area contributed by atoms with Crippen LogP contribution in [0, 0.1) is 5.82 Å². The van der Waals surface area contributed by atoms with Crippen molar-refractivity contribution < 1.29 is 27.5 Å². The van der Waals surface area contributed by atoms with Crippen molar-refractivity contribution in [2.45, 2.75) is 38.0 Å². The monoisotopic (exact) mass is 362 g/mol. The highest BCUT2D eigenvalue weighted by molar-refractivity contribution is 5.69. The summed E-state index contributed by atoms with van der Waals surface area (Å²) < 4.78 is 51.8. The number of aliphatic carboxylic acids is 1. The van der Waals surface area contributed by atoms with Gasteiger partial charge in [0.05, 0.1) is 12.1 Å². The second kappa shape index (κ2) is 8.14. The zero-order chi connectivity index (χ0) is 18.6. The van der Waals surface area contributed by atoms with Crippen molar-refractivity contribution in [2.75, 3.05) is 26.7 Å². The van der Waals surface area contributed by atoms with E-state index < -0.39 is 23.5 Å². The van der Waals surface area contributed by atoms with Crippen LogP contribution in [0.4, 0.5) is 17.6 Å². The topological polar surface area (TPSA) is 43.8 Å². The van der Waals surface area contributed by atoms with Gasteiger partial charge >= 0.3 is 12.1 Å². The molecule has 1 heterocycles. The molecule has 0 saturated carbocycles. The molecule has 1 saturated heterocycles. The van der Waals surface area contributed by atoms with E-state index in [0.717, 1.165) is 37.9 Å². The Morgan fingerprint density at radius 3 is 2.68 bits per heavy atom. The molecule has 8 heteroatoms. The fraction of sp³-hybridized carbons (Fsp3) is 0.588. The SMILES string of the molecule is CN(CC(=O)O)C1CCCN(Cc2ccc(F)c(C(F)(F)F)c2)CC1. The number of benzene rings is 1. The van der Waals surface area contributed by atoms with Crippen LogP contribution in [0.3, 0.4) is 0 Å². The summed E-state index contributed by atoms with van der Waals surface area (Å²) in [5.74, 6) is -2.14. The largest absolute Gasteiger partial charge is 0.480 e. The van der Waals surface area contributed by atoms with Crippen LogP contribution in [-0.2, 0) is 17.5 Å². The lowest BCUT2D eigenvalue weighted by atomic mass is 10.1. The summed E-state index contributed by atoms with van der Waals surface area (Å²) in [4.78, 5) is 14.6. The number of alkyl halides is 3. The first kappa shape index (κ1) is 19.7. The van der Waals surface area contributed by atoms with Gasteiger partial charge in [0.25, 0.3) is 0 Å². The minimum Gasteiger partial charge on any atom is -0.480 e. The number of likely N-dealkylation sites (tertiary alicyclic amines) is 1. The van der Waals surface area contributed by atoms with E-state index in [4.69, 9.17) is 5.11 Å². The Bertz CT molecular complexity index is 607. The Kier molecular flexibility index (Phi) is 6.40. The lowest BCUT2D eigenvalue weighted by Gasteiger charge is -2.25. The minimum atomic E-state index is -4.70. The van der Waals surface area contributed by atoms with E-state index in [9.17, 15) is 22.4 Å². The van der Waals surface area contributed by atoms with Crippen molar-refractivity contribution >= 4 is 5.97 Å². The maximum absolute atomic E-state index is 13.4. The van der Waals surface area contributed by atoms with Crippen LogP contribution in [0.15, 0.2) is 18.2 Å². The van der Waals surface area contributed by atoms with E-state index in [0.29, 0.717) is 18.7 Å². The Morgan fingerprint density at radius 1 is 1.32 bits per heavy atom. The van der Waals surface area contributed by atoms with Crippen molar-refractivity contribution in [3.63, 3.8) is 0 Å². The van der Waals surface area contributed by atoms with Gasteiger partial charge in [0, 0.05) is 12.6 Å². The van der Waals surface area contributed by atoms with Crippen molar-refractivity contribution in [1.29, 1.82) is 0 Å². The fourth-order valence-corrected chi connectivity index (χ4v) is 3.23. The Morgan fingerprint density at radius 2 is 2.04 bits per heavy atom. The van der Waals surface area contributed by atoms with Crippen molar-refractivity contribution in [3.8, 4) is 0 Å². The first-order valence-corrected chi connectivity index (χ1v) is 8.17. The van der Waals surface area contributed by atoms with E-state index in [2.05, 4.69) is 0 Å². The second-order valence-corrected chi connectivity index (χ2v) is 6.48. The highest BCUT2D eigenvalue weighted by atomic mass is 19.4. The molecule has 0 spiro atoms. The third-order valence-corrected chi connectivity index (χ3v) is 4.54. The number of likely N-dealkylation sites (N-methyl/N-ethyl adjacent to an activating group) is 1. The summed E-state index contributed by atoms with van der Waals surface area (Å²) in [7, 11) is 1.77. The normalized spacial score (nSPS) is 19.8. The van der Waals surface area contributed by atoms with Crippen LogP contribution in [0.1, 0.15) is 30.4 Å². The van der Waals surface area contributed by atoms with E-state index in [1.807, 2.05) is 4.90 Å². The standard InChI is InChI=1S/C17H22F4N2O2/c1-22(11-16(24)25)13-3-2-7-23(8-6-13)10-12-4-5-15(18)14(9-12)17(19,20)21/h4-5,9,13H,2-3,6-8,10-11H2,1H3,(H,24,25). The average molecular weight is 362 g/mol. The van der Waals surface area contributed by atoms with Crippen molar-refractivity contribution in [2.24, 2.45) is 0 Å². The second-order valence-electron chi connectivity index (χ2n) is 6.48. The highest BCUT2D eigenvalue weighted by Gasteiger charge is 2.34. The van der Waals surface area contributed by atoms with E-state index in [1.165, 1.54) is 6.07 Å². The molecule has 140 valence electrons. The maximum Gasteiger partial charge on any atom is 0.419 e. The summed E-state index contributed by atoms with van der Waals surface area (Å²) in [5, 5.41) is 8.87. The van der Waals surface area contributed by atoms with Gasteiger partial charge in [-0.15, -0.1) is 0 Å². The number of carbonyl (C=O) groups is 1. The number of nitrogens with zero attached hydrogens (tertiary/aromatic N) is 2. The molecule has 2 rings (SSSR count). The molecule has 1 unspecified atom stereocenters. The van der Waals surface area contributed by atoms with Gasteiger partial charge in [-0.05, 0) is 57.1 Å². The first-order valence-electron chi connectivity index (χ1n) is 8.17. The molecule has 25 heavy (non-hydrogen) atoms. The van der Waals surface area contributed by atoms with Crippen LogP contribution >= 0.6 is 0 Å². The zero-order valence-corrected chi connectivity index (χ0v) is 14.0. The first-order chi connectivity index (χ1) is 11.7. The molecule has 1 atom stereocenters. The third-order valence-electron chi connectivity index (χ3n) is 4.54. The van der Waals surface area contributed by atoms with E-state index in [1.54, 1.807) is 11.9 Å². The van der Waals surface area contributed by atoms with Crippen LogP contribution in [-0.4, -0.2) is 53.6 Å². The number of carboxylic acids is 1. The molecule has 0 amide bonds. The van der Waals surface area contributed by atoms with Crippen molar-refractivity contribution in [3.05, 3.63) is 35.1 Å². The van der Waals surface area contributed by atoms with E-state index >= 15 is 0 Å². The molecule has 1 aliphatic rings. The predicted molar refractivity (Wildman–Crippen MR) is 84.6 cm³/mol. The zero-order valence-electron chi connectivity index (χ0n) is 14.0. The fourth-order valence-electron chi connectivity index (χ4n) is 3.23. The molecule has 4 nitrogen and oxygen atoms in total. The van der Waals surface area contributed by atoms with Gasteiger partial charge < -0.3 is 5.11 Å². The van der Waals surface area contributed by atoms with Crippen LogP contribution < -0.4 is 0 Å². The summed E-state index contributed by atoms with van der Waals surface area (Å²) in [5.41, 5.74) is -0.815. The van der Waals surface area contributed by atoms with Gasteiger partial charge in [-0.2, -0.15) is 13.2 Å². The number of hydrogen-bond acceptors (Lipinski definition) is 3. The summed E-state index contributed by atoms with van der Waals surface area (Å²) in [6, 6.07) is 3.25. The number of hydrogen-bond donors (Lipinski definition) is 1. The predicted octanol–water partition coefficient (Wildman–Crippen LogP) is 3.22. The summed E-state index contributed by atoms with van der Waals surface area (Å²) in [6.45, 7) is 1.67. The van der Waals surface area contributed by atoms with Gasteiger partial charge in [-0.1, -0.05) is 6.07 Å². The summed E-state index contributed by atoms with van der Waals surface area (Å²) >= 11 is 0. The maximum atomic E-state index is 13.4. The van der Waals surface area contributed by atoms with Gasteiger partial charge in [0.15, 0.2) is 0 Å². The molecule has 1 aromatic carbocycles. The van der Waals surface area contributed by atoms with Gasteiger partial charge in [0.1, 0.15) is 5.82 Å². The molecule has 1 aromatic rings. The Balaban J connectivity index is 1.99. The Hall–Kier alpha value is -1.67. The van der Waals surface area contributed by atoms with E-state index in [-0.39, 0.29) is 12.6 Å².